The van der Waals surface area contributed by atoms with Crippen molar-refractivity contribution in [2.75, 3.05) is 26.6 Å². The Labute approximate surface area is 174 Å². The molecule has 0 heterocycles. The minimum Gasteiger partial charge on any atom is -0.495 e. The van der Waals surface area contributed by atoms with Crippen LogP contribution < -0.4 is 19.5 Å². The van der Waals surface area contributed by atoms with Crippen molar-refractivity contribution in [3.8, 4) is 17.2 Å². The van der Waals surface area contributed by atoms with Gasteiger partial charge in [-0.25, -0.2) is 0 Å². The molecule has 0 aliphatic rings. The lowest BCUT2D eigenvalue weighted by Crippen LogP contribution is -2.30. The van der Waals surface area contributed by atoms with Gasteiger partial charge in [-0.1, -0.05) is 17.7 Å². The summed E-state index contributed by atoms with van der Waals surface area (Å²) in [6, 6.07) is 10.3. The van der Waals surface area contributed by atoms with Crippen LogP contribution in [0.3, 0.4) is 0 Å². The second kappa shape index (κ2) is 10.6. The van der Waals surface area contributed by atoms with Crippen LogP contribution in [0.2, 0.25) is 5.02 Å². The highest BCUT2D eigenvalue weighted by Gasteiger charge is 2.18. The number of aryl methyl sites for hydroxylation is 1. The van der Waals surface area contributed by atoms with Crippen LogP contribution in [0.15, 0.2) is 36.4 Å². The van der Waals surface area contributed by atoms with Gasteiger partial charge >= 0.3 is 5.97 Å². The summed E-state index contributed by atoms with van der Waals surface area (Å²) < 4.78 is 20.7. The van der Waals surface area contributed by atoms with Crippen molar-refractivity contribution < 1.29 is 28.5 Å². The lowest BCUT2D eigenvalue weighted by atomic mass is 10.1. The van der Waals surface area contributed by atoms with E-state index in [4.69, 9.17) is 30.5 Å². The van der Waals surface area contributed by atoms with Crippen molar-refractivity contribution in [1.29, 1.82) is 0 Å². The summed E-state index contributed by atoms with van der Waals surface area (Å²) in [6.07, 6.45) is -0.378. The molecule has 0 radical (unpaired) electrons. The van der Waals surface area contributed by atoms with Gasteiger partial charge in [-0.2, -0.15) is 0 Å². The standard InChI is InChI=1S/C21H24ClNO6/c1-13(21(25)23-15-7-9-17(26-2)16(22)12-15)29-20(24)10-6-14-5-8-18(27-3)19(11-14)28-4/h5,7-9,11-13H,6,10H2,1-4H3,(H,23,25)/t13-/m1/s1. The zero-order valence-electron chi connectivity index (χ0n) is 16.8. The summed E-state index contributed by atoms with van der Waals surface area (Å²) >= 11 is 6.04. The van der Waals surface area contributed by atoms with Gasteiger partial charge in [0.25, 0.3) is 5.91 Å². The summed E-state index contributed by atoms with van der Waals surface area (Å²) in [5.41, 5.74) is 1.37. The highest BCUT2D eigenvalue weighted by Crippen LogP contribution is 2.28. The number of halogens is 1. The molecule has 156 valence electrons. The number of methoxy groups -OCH3 is 3. The Kier molecular flexibility index (Phi) is 8.15. The number of carbonyl (C=O) groups excluding carboxylic acids is 2. The number of rotatable bonds is 9. The maximum Gasteiger partial charge on any atom is 0.306 e. The van der Waals surface area contributed by atoms with E-state index in [-0.39, 0.29) is 6.42 Å². The van der Waals surface area contributed by atoms with E-state index in [0.29, 0.717) is 34.4 Å². The minimum absolute atomic E-state index is 0.126. The van der Waals surface area contributed by atoms with Crippen molar-refractivity contribution in [2.24, 2.45) is 0 Å². The SMILES string of the molecule is COc1ccc(NC(=O)[C@@H](C)OC(=O)CCc2ccc(OC)c(OC)c2)cc1Cl. The van der Waals surface area contributed by atoms with Gasteiger partial charge in [0, 0.05) is 12.1 Å². The fraction of sp³-hybridized carbons (Fsp3) is 0.333. The zero-order valence-corrected chi connectivity index (χ0v) is 17.5. The number of amides is 1. The number of nitrogens with one attached hydrogen (secondary N) is 1. The van der Waals surface area contributed by atoms with Crippen LogP contribution in [0, 0.1) is 0 Å². The Bertz CT molecular complexity index is 870. The molecule has 0 aromatic heterocycles. The molecule has 0 saturated heterocycles. The second-order valence-corrected chi connectivity index (χ2v) is 6.57. The van der Waals surface area contributed by atoms with Crippen LogP contribution in [-0.4, -0.2) is 39.3 Å². The quantitative estimate of drug-likeness (QED) is 0.619. The number of hydrogen-bond donors (Lipinski definition) is 1. The maximum atomic E-state index is 12.2. The highest BCUT2D eigenvalue weighted by molar-refractivity contribution is 6.32. The Hall–Kier alpha value is -2.93. The molecule has 0 bridgehead atoms. The molecule has 7 nitrogen and oxygen atoms in total. The fourth-order valence-corrected chi connectivity index (χ4v) is 2.84. The number of esters is 1. The van der Waals surface area contributed by atoms with Crippen LogP contribution in [0.1, 0.15) is 18.9 Å². The van der Waals surface area contributed by atoms with E-state index in [0.717, 1.165) is 5.56 Å². The molecular formula is C21H24ClNO6. The Morgan fingerprint density at radius 3 is 2.24 bits per heavy atom. The first-order valence-corrected chi connectivity index (χ1v) is 9.30. The van der Waals surface area contributed by atoms with Crippen molar-refractivity contribution >= 4 is 29.2 Å². The molecule has 0 fully saturated rings. The normalized spacial score (nSPS) is 11.3. The van der Waals surface area contributed by atoms with Gasteiger partial charge in [0.05, 0.1) is 26.4 Å². The molecule has 0 unspecified atom stereocenters. The zero-order chi connectivity index (χ0) is 21.4. The number of hydrogen-bond acceptors (Lipinski definition) is 6. The predicted molar refractivity (Wildman–Crippen MR) is 110 cm³/mol. The highest BCUT2D eigenvalue weighted by atomic mass is 35.5. The van der Waals surface area contributed by atoms with Crippen LogP contribution in [0.25, 0.3) is 0 Å². The van der Waals surface area contributed by atoms with E-state index in [1.807, 2.05) is 6.07 Å². The Morgan fingerprint density at radius 1 is 0.966 bits per heavy atom. The van der Waals surface area contributed by atoms with Gasteiger partial charge in [-0.05, 0) is 49.2 Å². The van der Waals surface area contributed by atoms with Gasteiger partial charge in [-0.3, -0.25) is 9.59 Å². The van der Waals surface area contributed by atoms with Crippen molar-refractivity contribution in [3.05, 3.63) is 47.0 Å². The van der Waals surface area contributed by atoms with Gasteiger partial charge in [0.1, 0.15) is 5.75 Å². The summed E-state index contributed by atoms with van der Waals surface area (Å²) in [7, 11) is 4.61. The molecule has 0 saturated carbocycles. The van der Waals surface area contributed by atoms with Gasteiger partial charge in [-0.15, -0.1) is 0 Å². The van der Waals surface area contributed by atoms with E-state index in [1.54, 1.807) is 44.6 Å². The Morgan fingerprint density at radius 2 is 1.62 bits per heavy atom. The molecule has 8 heteroatoms. The van der Waals surface area contributed by atoms with Gasteiger partial charge in [0.15, 0.2) is 17.6 Å². The summed E-state index contributed by atoms with van der Waals surface area (Å²) in [5.74, 6) is 0.771. The average Bonchev–Trinajstić information content (AvgIpc) is 2.72. The van der Waals surface area contributed by atoms with E-state index in [2.05, 4.69) is 5.32 Å². The molecule has 2 rings (SSSR count). The molecule has 29 heavy (non-hydrogen) atoms. The molecule has 1 N–H and O–H groups in total. The number of anilines is 1. The number of carbonyl (C=O) groups is 2. The third kappa shape index (κ3) is 6.29. The van der Waals surface area contributed by atoms with E-state index in [1.165, 1.54) is 14.0 Å². The second-order valence-electron chi connectivity index (χ2n) is 6.16. The summed E-state index contributed by atoms with van der Waals surface area (Å²) in [6.45, 7) is 1.51. The molecular weight excluding hydrogens is 398 g/mol. The van der Waals surface area contributed by atoms with E-state index < -0.39 is 18.0 Å². The van der Waals surface area contributed by atoms with Crippen LogP contribution >= 0.6 is 11.6 Å². The third-order valence-corrected chi connectivity index (χ3v) is 4.46. The van der Waals surface area contributed by atoms with E-state index >= 15 is 0 Å². The maximum absolute atomic E-state index is 12.2. The monoisotopic (exact) mass is 421 g/mol. The van der Waals surface area contributed by atoms with Crippen LogP contribution in [-0.2, 0) is 20.7 Å². The molecule has 2 aromatic rings. The lowest BCUT2D eigenvalue weighted by Gasteiger charge is -2.14. The minimum atomic E-state index is -0.950. The third-order valence-electron chi connectivity index (χ3n) is 4.16. The van der Waals surface area contributed by atoms with Gasteiger partial charge < -0.3 is 24.3 Å². The fourth-order valence-electron chi connectivity index (χ4n) is 2.58. The van der Waals surface area contributed by atoms with Crippen LogP contribution in [0.4, 0.5) is 5.69 Å². The predicted octanol–water partition coefficient (Wildman–Crippen LogP) is 3.87. The van der Waals surface area contributed by atoms with Crippen molar-refractivity contribution in [3.63, 3.8) is 0 Å². The summed E-state index contributed by atoms with van der Waals surface area (Å²) in [5, 5.41) is 3.02. The van der Waals surface area contributed by atoms with Crippen molar-refractivity contribution in [1.82, 2.24) is 0 Å². The largest absolute Gasteiger partial charge is 0.495 e. The van der Waals surface area contributed by atoms with E-state index in [9.17, 15) is 9.59 Å². The topological polar surface area (TPSA) is 83.1 Å². The Balaban J connectivity index is 1.86. The molecule has 1 amide bonds. The molecule has 0 aliphatic heterocycles. The molecule has 0 aliphatic carbocycles. The first-order chi connectivity index (χ1) is 13.9. The van der Waals surface area contributed by atoms with Crippen molar-refractivity contribution in [2.45, 2.75) is 25.9 Å². The summed E-state index contributed by atoms with van der Waals surface area (Å²) in [4.78, 5) is 24.4. The lowest BCUT2D eigenvalue weighted by molar-refractivity contribution is -0.153. The van der Waals surface area contributed by atoms with Gasteiger partial charge in [0.2, 0.25) is 0 Å². The first-order valence-electron chi connectivity index (χ1n) is 8.92. The smallest absolute Gasteiger partial charge is 0.306 e. The number of ether oxygens (including phenoxy) is 4. The van der Waals surface area contributed by atoms with Crippen LogP contribution in [0.5, 0.6) is 17.2 Å². The average molecular weight is 422 g/mol. The molecule has 0 spiro atoms. The number of benzene rings is 2. The molecule has 2 aromatic carbocycles. The molecule has 1 atom stereocenters. The first kappa shape index (κ1) is 22.4.